The Morgan fingerprint density at radius 2 is 1.33 bits per heavy atom. The average molecular weight is 212 g/mol. The minimum atomic E-state index is -0.195. The molecule has 0 rings (SSSR count). The number of Topliss-reactive ketones (excluding diaryl/α,β-unsaturated/α-hetero) is 2. The first-order valence-electron chi connectivity index (χ1n) is 5.87. The van der Waals surface area contributed by atoms with Crippen molar-refractivity contribution in [1.82, 2.24) is 0 Å². The highest BCUT2D eigenvalue weighted by Gasteiger charge is 2.19. The summed E-state index contributed by atoms with van der Waals surface area (Å²) >= 11 is 0. The number of hydrogen-bond acceptors (Lipinski definition) is 2. The summed E-state index contributed by atoms with van der Waals surface area (Å²) in [7, 11) is 0. The fourth-order valence-electron chi connectivity index (χ4n) is 1.39. The van der Waals surface area contributed by atoms with E-state index in [0.29, 0.717) is 18.6 Å². The van der Waals surface area contributed by atoms with E-state index in [1.807, 2.05) is 20.8 Å². The third-order valence-electron chi connectivity index (χ3n) is 2.52. The van der Waals surface area contributed by atoms with Crippen LogP contribution in [0.15, 0.2) is 0 Å². The molecule has 2 heteroatoms. The van der Waals surface area contributed by atoms with Crippen molar-refractivity contribution in [1.29, 1.82) is 0 Å². The standard InChI is InChI=1S/C13H24O2/c1-11(14)9-7-5-6-8-10-12(15)13(2,3)4/h5-10H2,1-4H3. The predicted molar refractivity (Wildman–Crippen MR) is 62.8 cm³/mol. The van der Waals surface area contributed by atoms with Gasteiger partial charge >= 0.3 is 0 Å². The Morgan fingerprint density at radius 1 is 0.867 bits per heavy atom. The molecule has 0 N–H and O–H groups in total. The van der Waals surface area contributed by atoms with Crippen LogP contribution < -0.4 is 0 Å². The lowest BCUT2D eigenvalue weighted by Crippen LogP contribution is -2.19. The summed E-state index contributed by atoms with van der Waals surface area (Å²) in [6.45, 7) is 7.52. The number of ketones is 2. The zero-order valence-corrected chi connectivity index (χ0v) is 10.6. The quantitative estimate of drug-likeness (QED) is 0.605. The maximum Gasteiger partial charge on any atom is 0.138 e. The van der Waals surface area contributed by atoms with Gasteiger partial charge in [0.1, 0.15) is 11.6 Å². The van der Waals surface area contributed by atoms with Crippen LogP contribution in [0.3, 0.4) is 0 Å². The Morgan fingerprint density at radius 3 is 1.73 bits per heavy atom. The van der Waals surface area contributed by atoms with E-state index in [4.69, 9.17) is 0 Å². The van der Waals surface area contributed by atoms with E-state index in [1.54, 1.807) is 6.92 Å². The summed E-state index contributed by atoms with van der Waals surface area (Å²) in [5.41, 5.74) is -0.195. The molecule has 0 aromatic rings. The van der Waals surface area contributed by atoms with Crippen molar-refractivity contribution >= 4 is 11.6 Å². The molecule has 0 saturated heterocycles. The van der Waals surface area contributed by atoms with E-state index in [1.165, 1.54) is 0 Å². The van der Waals surface area contributed by atoms with Gasteiger partial charge < -0.3 is 4.79 Å². The van der Waals surface area contributed by atoms with Gasteiger partial charge in [-0.25, -0.2) is 0 Å². The van der Waals surface area contributed by atoms with Gasteiger partial charge in [-0.2, -0.15) is 0 Å². The predicted octanol–water partition coefficient (Wildman–Crippen LogP) is 3.53. The Kier molecular flexibility index (Phi) is 6.46. The lowest BCUT2D eigenvalue weighted by molar-refractivity contribution is -0.126. The molecule has 2 nitrogen and oxygen atoms in total. The summed E-state index contributed by atoms with van der Waals surface area (Å²) in [4.78, 5) is 22.2. The maximum absolute atomic E-state index is 11.6. The normalized spacial score (nSPS) is 11.5. The second kappa shape index (κ2) is 6.76. The topological polar surface area (TPSA) is 34.1 Å². The molecule has 0 spiro atoms. The Bertz CT molecular complexity index is 211. The summed E-state index contributed by atoms with van der Waals surface area (Å²) < 4.78 is 0. The van der Waals surface area contributed by atoms with Crippen LogP contribution in [-0.2, 0) is 9.59 Å². The Balaban J connectivity index is 3.40. The fraction of sp³-hybridized carbons (Fsp3) is 0.846. The first-order valence-corrected chi connectivity index (χ1v) is 5.87. The third-order valence-corrected chi connectivity index (χ3v) is 2.52. The van der Waals surface area contributed by atoms with Gasteiger partial charge in [-0.3, -0.25) is 4.79 Å². The van der Waals surface area contributed by atoms with Crippen LogP contribution in [0.2, 0.25) is 0 Å². The van der Waals surface area contributed by atoms with Crippen molar-refractivity contribution in [3.8, 4) is 0 Å². The number of unbranched alkanes of at least 4 members (excludes halogenated alkanes) is 3. The molecule has 0 aromatic carbocycles. The summed E-state index contributed by atoms with van der Waals surface area (Å²) in [6.07, 6.45) is 5.44. The molecule has 0 aliphatic heterocycles. The first-order chi connectivity index (χ1) is 6.84. The molecule has 0 fully saturated rings. The summed E-state index contributed by atoms with van der Waals surface area (Å²) in [6, 6.07) is 0. The van der Waals surface area contributed by atoms with Crippen LogP contribution in [0.1, 0.15) is 66.2 Å². The molecule has 15 heavy (non-hydrogen) atoms. The molecule has 0 atom stereocenters. The van der Waals surface area contributed by atoms with Gasteiger partial charge in [0.2, 0.25) is 0 Å². The zero-order chi connectivity index (χ0) is 11.9. The second-order valence-electron chi connectivity index (χ2n) is 5.29. The highest BCUT2D eigenvalue weighted by atomic mass is 16.1. The molecular weight excluding hydrogens is 188 g/mol. The molecule has 0 amide bonds. The van der Waals surface area contributed by atoms with Crippen molar-refractivity contribution in [2.24, 2.45) is 5.41 Å². The van der Waals surface area contributed by atoms with Gasteiger partial charge in [0.25, 0.3) is 0 Å². The molecular formula is C13H24O2. The molecule has 0 saturated carbocycles. The van der Waals surface area contributed by atoms with Crippen LogP contribution in [-0.4, -0.2) is 11.6 Å². The van der Waals surface area contributed by atoms with Crippen molar-refractivity contribution in [2.45, 2.75) is 66.2 Å². The van der Waals surface area contributed by atoms with Crippen LogP contribution in [0.4, 0.5) is 0 Å². The largest absolute Gasteiger partial charge is 0.300 e. The molecule has 0 aromatic heterocycles. The highest BCUT2D eigenvalue weighted by Crippen LogP contribution is 2.18. The fourth-order valence-corrected chi connectivity index (χ4v) is 1.39. The van der Waals surface area contributed by atoms with Crippen LogP contribution >= 0.6 is 0 Å². The van der Waals surface area contributed by atoms with Crippen LogP contribution in [0.5, 0.6) is 0 Å². The molecule has 0 aliphatic carbocycles. The van der Waals surface area contributed by atoms with Crippen molar-refractivity contribution in [3.05, 3.63) is 0 Å². The number of carbonyl (C=O) groups is 2. The van der Waals surface area contributed by atoms with E-state index in [9.17, 15) is 9.59 Å². The van der Waals surface area contributed by atoms with E-state index >= 15 is 0 Å². The third kappa shape index (κ3) is 8.34. The summed E-state index contributed by atoms with van der Waals surface area (Å²) in [5.74, 6) is 0.606. The highest BCUT2D eigenvalue weighted by molar-refractivity contribution is 5.83. The average Bonchev–Trinajstić information content (AvgIpc) is 2.08. The molecule has 0 heterocycles. The van der Waals surface area contributed by atoms with E-state index in [-0.39, 0.29) is 11.2 Å². The summed E-state index contributed by atoms with van der Waals surface area (Å²) in [5, 5.41) is 0. The van der Waals surface area contributed by atoms with Crippen LogP contribution in [0, 0.1) is 5.41 Å². The van der Waals surface area contributed by atoms with E-state index < -0.39 is 0 Å². The minimum Gasteiger partial charge on any atom is -0.300 e. The minimum absolute atomic E-state index is 0.195. The lowest BCUT2D eigenvalue weighted by Gasteiger charge is -2.15. The van der Waals surface area contributed by atoms with Crippen molar-refractivity contribution in [2.75, 3.05) is 0 Å². The van der Waals surface area contributed by atoms with Crippen molar-refractivity contribution in [3.63, 3.8) is 0 Å². The van der Waals surface area contributed by atoms with Gasteiger partial charge in [0, 0.05) is 18.3 Å². The lowest BCUT2D eigenvalue weighted by atomic mass is 9.88. The van der Waals surface area contributed by atoms with Gasteiger partial charge in [0.05, 0.1) is 0 Å². The van der Waals surface area contributed by atoms with Crippen molar-refractivity contribution < 1.29 is 9.59 Å². The smallest absolute Gasteiger partial charge is 0.138 e. The molecule has 0 unspecified atom stereocenters. The molecule has 0 radical (unpaired) electrons. The second-order valence-corrected chi connectivity index (χ2v) is 5.29. The van der Waals surface area contributed by atoms with E-state index in [0.717, 1.165) is 25.7 Å². The molecule has 0 aliphatic rings. The van der Waals surface area contributed by atoms with Gasteiger partial charge in [0.15, 0.2) is 0 Å². The molecule has 88 valence electrons. The van der Waals surface area contributed by atoms with Gasteiger partial charge in [-0.1, -0.05) is 33.6 Å². The van der Waals surface area contributed by atoms with Gasteiger partial charge in [-0.15, -0.1) is 0 Å². The Hall–Kier alpha value is -0.660. The van der Waals surface area contributed by atoms with E-state index in [2.05, 4.69) is 0 Å². The number of carbonyl (C=O) groups excluding carboxylic acids is 2. The Labute approximate surface area is 93.4 Å². The molecule has 0 bridgehead atoms. The zero-order valence-electron chi connectivity index (χ0n) is 10.6. The number of hydrogen-bond donors (Lipinski definition) is 0. The van der Waals surface area contributed by atoms with Crippen LogP contribution in [0.25, 0.3) is 0 Å². The monoisotopic (exact) mass is 212 g/mol. The maximum atomic E-state index is 11.6. The number of rotatable bonds is 7. The first kappa shape index (κ1) is 14.3. The van der Waals surface area contributed by atoms with Gasteiger partial charge in [-0.05, 0) is 19.8 Å². The SMILES string of the molecule is CC(=O)CCCCCCC(=O)C(C)(C)C.